The quantitative estimate of drug-likeness (QED) is 0.359. The minimum absolute atomic E-state index is 0.0724. The summed E-state index contributed by atoms with van der Waals surface area (Å²) in [5.74, 6) is -1.30. The van der Waals surface area contributed by atoms with Crippen LogP contribution in [0.1, 0.15) is 42.4 Å². The van der Waals surface area contributed by atoms with E-state index in [-0.39, 0.29) is 9.16 Å². The summed E-state index contributed by atoms with van der Waals surface area (Å²) in [4.78, 5) is 0. The summed E-state index contributed by atoms with van der Waals surface area (Å²) < 4.78 is 5.28. The van der Waals surface area contributed by atoms with Gasteiger partial charge in [0.1, 0.15) is 0 Å². The third kappa shape index (κ3) is 3.48. The van der Waals surface area contributed by atoms with Crippen LogP contribution in [-0.4, -0.2) is 11.5 Å². The number of rotatable bonds is 3. The van der Waals surface area contributed by atoms with Crippen molar-refractivity contribution in [1.82, 2.24) is 3.26 Å². The minimum atomic E-state index is -4.17. The molecule has 1 aromatic rings. The zero-order chi connectivity index (χ0) is 16.9. The van der Waals surface area contributed by atoms with Crippen LogP contribution in [0.3, 0.4) is 0 Å². The molecule has 1 aliphatic rings. The molecule has 0 saturated heterocycles. The number of benzene rings is 1. The SMILES string of the molecule is CC1=Cc2c(I)cccc2[CH]1[Zr]([Cl])([Cl])([NH]C(C)(C)C)[SiH](C)C. The Hall–Kier alpha value is 1.33. The van der Waals surface area contributed by atoms with E-state index in [2.05, 4.69) is 90.9 Å². The van der Waals surface area contributed by atoms with Gasteiger partial charge in [0.15, 0.2) is 0 Å². The fourth-order valence-electron chi connectivity index (χ4n) is 3.48. The number of halogens is 3. The van der Waals surface area contributed by atoms with Gasteiger partial charge in [0, 0.05) is 0 Å². The average Bonchev–Trinajstić information content (AvgIpc) is 2.65. The molecule has 1 nitrogen and oxygen atoms in total. The van der Waals surface area contributed by atoms with Gasteiger partial charge in [0.05, 0.1) is 0 Å². The monoisotopic (exact) mass is 546 g/mol. The van der Waals surface area contributed by atoms with Crippen LogP contribution in [0.25, 0.3) is 6.08 Å². The third-order valence-corrected chi connectivity index (χ3v) is 52.6. The summed E-state index contributed by atoms with van der Waals surface area (Å²) in [6, 6.07) is 6.50. The van der Waals surface area contributed by atoms with Crippen molar-refractivity contribution < 1.29 is 15.8 Å². The van der Waals surface area contributed by atoms with Crippen molar-refractivity contribution >= 4 is 51.6 Å². The van der Waals surface area contributed by atoms with Gasteiger partial charge in [-0.25, -0.2) is 0 Å². The standard InChI is InChI=1S/C10H8I.C4H10N.C2H7Si.2ClH.Zr/c1-7-5-8-3-2-4-10(11)9(8)6-7;1-4(2,3)5;1-3-2;;;/h2-6H,1H3;5H,1-3H3;3H,1-2H3;2*1H;/q;-1;;;;+3/p-2. The summed E-state index contributed by atoms with van der Waals surface area (Å²) in [6.45, 7) is 13.3. The predicted octanol–water partition coefficient (Wildman–Crippen LogP) is 6.03. The summed E-state index contributed by atoms with van der Waals surface area (Å²) in [7, 11) is 15.0. The molecule has 0 bridgehead atoms. The fraction of sp³-hybridized carbons (Fsp3) is 0.500. The Kier molecular flexibility index (Phi) is 5.58. The molecule has 1 aliphatic carbocycles. The van der Waals surface area contributed by atoms with Gasteiger partial charge >= 0.3 is 159 Å². The van der Waals surface area contributed by atoms with E-state index >= 15 is 0 Å². The number of hydrogen-bond donors (Lipinski definition) is 1. The first-order chi connectivity index (χ1) is 9.86. The van der Waals surface area contributed by atoms with E-state index in [1.165, 1.54) is 20.3 Å². The van der Waals surface area contributed by atoms with E-state index in [0.29, 0.717) is 0 Å². The zero-order valence-electron chi connectivity index (χ0n) is 14.1. The summed E-state index contributed by atoms with van der Waals surface area (Å²) in [5, 5.41) is 0. The maximum absolute atomic E-state index is 7.48. The number of allylic oxidation sites excluding steroid dienone is 1. The van der Waals surface area contributed by atoms with Gasteiger partial charge in [0.25, 0.3) is 0 Å². The molecule has 1 N–H and O–H groups in total. The molecule has 0 aromatic heterocycles. The molecule has 0 fully saturated rings. The Morgan fingerprint density at radius 3 is 2.32 bits per heavy atom. The van der Waals surface area contributed by atoms with Gasteiger partial charge in [-0.3, -0.25) is 0 Å². The Morgan fingerprint density at radius 1 is 1.23 bits per heavy atom. The van der Waals surface area contributed by atoms with Gasteiger partial charge in [-0.05, 0) is 0 Å². The average molecular weight is 549 g/mol. The van der Waals surface area contributed by atoms with Gasteiger partial charge in [-0.15, -0.1) is 0 Å². The van der Waals surface area contributed by atoms with E-state index < -0.39 is 21.8 Å². The van der Waals surface area contributed by atoms with Crippen LogP contribution in [0, 0.1) is 3.57 Å². The number of nitrogens with one attached hydrogen (secondary N) is 1. The molecule has 0 saturated carbocycles. The number of fused-ring (bicyclic) bond motifs is 1. The van der Waals surface area contributed by atoms with Gasteiger partial charge in [0.2, 0.25) is 0 Å². The molecule has 0 spiro atoms. The molecule has 123 valence electrons. The Labute approximate surface area is 157 Å². The van der Waals surface area contributed by atoms with Crippen LogP contribution in [0.5, 0.6) is 0 Å². The summed E-state index contributed by atoms with van der Waals surface area (Å²) in [5.41, 5.74) is 3.90. The van der Waals surface area contributed by atoms with Crippen LogP contribution in [-0.2, 0) is 15.8 Å². The molecule has 0 heterocycles. The van der Waals surface area contributed by atoms with Gasteiger partial charge in [-0.1, -0.05) is 0 Å². The topological polar surface area (TPSA) is 12.0 Å². The number of hydrogen-bond acceptors (Lipinski definition) is 1. The van der Waals surface area contributed by atoms with E-state index in [0.717, 1.165) is 0 Å². The normalized spacial score (nSPS) is 20.5. The Morgan fingerprint density at radius 2 is 1.82 bits per heavy atom. The van der Waals surface area contributed by atoms with Crippen molar-refractivity contribution in [3.8, 4) is 0 Å². The van der Waals surface area contributed by atoms with E-state index in [4.69, 9.17) is 17.0 Å². The molecule has 0 aliphatic heterocycles. The second-order valence-electron chi connectivity index (χ2n) is 7.75. The van der Waals surface area contributed by atoms with E-state index in [9.17, 15) is 0 Å². The maximum atomic E-state index is 7.48. The predicted molar refractivity (Wildman–Crippen MR) is 109 cm³/mol. The molecular weight excluding hydrogens is 523 g/mol. The van der Waals surface area contributed by atoms with Crippen molar-refractivity contribution in [2.75, 3.05) is 0 Å². The first-order valence-corrected chi connectivity index (χ1v) is 24.9. The second kappa shape index (κ2) is 6.25. The molecule has 22 heavy (non-hydrogen) atoms. The van der Waals surface area contributed by atoms with Crippen molar-refractivity contribution in [3.63, 3.8) is 0 Å². The van der Waals surface area contributed by atoms with Crippen LogP contribution in [0.4, 0.5) is 0 Å². The molecule has 0 amide bonds. The first-order valence-electron chi connectivity index (χ1n) is 7.70. The first kappa shape index (κ1) is 19.7. The van der Waals surface area contributed by atoms with Crippen LogP contribution >= 0.6 is 39.6 Å². The Balaban J connectivity index is 2.67. The molecule has 6 heteroatoms. The van der Waals surface area contributed by atoms with Crippen molar-refractivity contribution in [3.05, 3.63) is 38.5 Å². The van der Waals surface area contributed by atoms with Crippen molar-refractivity contribution in [2.45, 2.75) is 50.0 Å². The van der Waals surface area contributed by atoms with Crippen LogP contribution < -0.4 is 3.26 Å². The molecule has 2 rings (SSSR count). The molecule has 1 aromatic carbocycles. The second-order valence-corrected chi connectivity index (χ2v) is 49.6. The molecule has 1 atom stereocenters. The third-order valence-electron chi connectivity index (χ3n) is 4.43. The summed E-state index contributed by atoms with van der Waals surface area (Å²) in [6.07, 6.45) is 2.29. The van der Waals surface area contributed by atoms with E-state index in [1.54, 1.807) is 0 Å². The molecule has 1 unspecified atom stereocenters. The zero-order valence-corrected chi connectivity index (χ0v) is 21.4. The Bertz CT molecular complexity index is 638. The van der Waals surface area contributed by atoms with Crippen molar-refractivity contribution in [2.24, 2.45) is 0 Å². The van der Waals surface area contributed by atoms with Gasteiger partial charge in [-0.2, -0.15) is 0 Å². The van der Waals surface area contributed by atoms with Crippen LogP contribution in [0.15, 0.2) is 23.8 Å². The summed E-state index contributed by atoms with van der Waals surface area (Å²) >= 11 is -1.76. The van der Waals surface area contributed by atoms with Crippen molar-refractivity contribution in [1.29, 1.82) is 0 Å². The van der Waals surface area contributed by atoms with E-state index in [1.807, 2.05) is 0 Å². The fourth-order valence-corrected chi connectivity index (χ4v) is 32.3. The van der Waals surface area contributed by atoms with Gasteiger partial charge < -0.3 is 0 Å². The molecule has 0 radical (unpaired) electrons. The van der Waals surface area contributed by atoms with Crippen LogP contribution in [0.2, 0.25) is 13.1 Å². The molecular formula is C16H25Cl2INSiZr.